The number of anilines is 3. The second kappa shape index (κ2) is 9.89. The molecule has 196 valence electrons. The molecular formula is C27H25N9O2S. The Labute approximate surface area is 225 Å². The molecule has 5 aromatic rings. The van der Waals surface area contributed by atoms with Crippen molar-refractivity contribution >= 4 is 27.6 Å². The molecule has 0 amide bonds. The molecule has 12 heteroatoms. The van der Waals surface area contributed by atoms with Crippen LogP contribution in [0.2, 0.25) is 0 Å². The van der Waals surface area contributed by atoms with E-state index in [2.05, 4.69) is 53.5 Å². The van der Waals surface area contributed by atoms with Crippen LogP contribution < -0.4 is 15.8 Å². The number of sulfonamides is 1. The van der Waals surface area contributed by atoms with Crippen LogP contribution in [0.25, 0.3) is 28.3 Å². The molecule has 3 aromatic heterocycles. The number of aryl methyl sites for hydroxylation is 2. The van der Waals surface area contributed by atoms with E-state index in [0.29, 0.717) is 22.8 Å². The van der Waals surface area contributed by atoms with Crippen molar-refractivity contribution < 1.29 is 8.42 Å². The van der Waals surface area contributed by atoms with Crippen LogP contribution in [0.15, 0.2) is 77.8 Å². The van der Waals surface area contributed by atoms with E-state index in [-0.39, 0.29) is 16.8 Å². The second-order valence-electron chi connectivity index (χ2n) is 9.09. The molecule has 0 radical (unpaired) electrons. The predicted octanol–water partition coefficient (Wildman–Crippen LogP) is 3.51. The van der Waals surface area contributed by atoms with Gasteiger partial charge in [0.2, 0.25) is 21.9 Å². The molecular weight excluding hydrogens is 514 g/mol. The standard InChI is InChI=1S/C27H25N9O2S/c1-29-39(37,38)21-10-5-8-18(14-21)23-13-12-20(16-30-23)31-27-32-26(28)36(35-27)24-15-19-9-4-7-17-6-2-3-11-22(17)25(19)34-33-24/h2-3,5-6,8,10-16,29H,4,7,9H2,1H3,(H3,28,31,32,35). The number of fused-ring (bicyclic) bond motifs is 3. The van der Waals surface area contributed by atoms with Crippen LogP contribution in [0.5, 0.6) is 0 Å². The van der Waals surface area contributed by atoms with Crippen LogP contribution >= 0.6 is 0 Å². The van der Waals surface area contributed by atoms with Gasteiger partial charge >= 0.3 is 0 Å². The molecule has 0 bridgehead atoms. The Morgan fingerprint density at radius 2 is 1.79 bits per heavy atom. The number of rotatable bonds is 6. The highest BCUT2D eigenvalue weighted by atomic mass is 32.2. The average Bonchev–Trinajstić information content (AvgIpc) is 3.22. The minimum atomic E-state index is -3.55. The molecule has 0 unspecified atom stereocenters. The zero-order valence-corrected chi connectivity index (χ0v) is 21.9. The number of nitrogens with zero attached hydrogens (tertiary/aromatic N) is 6. The van der Waals surface area contributed by atoms with E-state index in [1.54, 1.807) is 36.5 Å². The minimum Gasteiger partial charge on any atom is -0.368 e. The Morgan fingerprint density at radius 1 is 0.949 bits per heavy atom. The first kappa shape index (κ1) is 24.6. The SMILES string of the molecule is CNS(=O)(=O)c1cccc(-c2ccc(Nc3nc(N)n(-c4cc5c(nn4)-c4ccccc4CCC5)n3)cn2)c1. The summed E-state index contributed by atoms with van der Waals surface area (Å²) in [4.78, 5) is 8.96. The highest BCUT2D eigenvalue weighted by molar-refractivity contribution is 7.89. The molecule has 6 rings (SSSR count). The normalized spacial score (nSPS) is 12.8. The van der Waals surface area contributed by atoms with Crippen LogP contribution in [0.4, 0.5) is 17.6 Å². The summed E-state index contributed by atoms with van der Waals surface area (Å²) < 4.78 is 28.0. The third kappa shape index (κ3) is 4.82. The van der Waals surface area contributed by atoms with Gasteiger partial charge in [-0.25, -0.2) is 13.1 Å². The average molecular weight is 540 g/mol. The summed E-state index contributed by atoms with van der Waals surface area (Å²) >= 11 is 0. The van der Waals surface area contributed by atoms with Gasteiger partial charge in [-0.15, -0.1) is 15.3 Å². The lowest BCUT2D eigenvalue weighted by molar-refractivity contribution is 0.588. The van der Waals surface area contributed by atoms with E-state index in [1.165, 1.54) is 23.4 Å². The number of hydrogen-bond acceptors (Lipinski definition) is 9. The molecule has 0 spiro atoms. The van der Waals surface area contributed by atoms with Gasteiger partial charge in [-0.3, -0.25) is 4.98 Å². The van der Waals surface area contributed by atoms with Crippen molar-refractivity contribution in [3.63, 3.8) is 0 Å². The van der Waals surface area contributed by atoms with E-state index < -0.39 is 10.0 Å². The first-order valence-corrected chi connectivity index (χ1v) is 13.8. The van der Waals surface area contributed by atoms with Crippen molar-refractivity contribution in [2.24, 2.45) is 0 Å². The summed E-state index contributed by atoms with van der Waals surface area (Å²) in [5.74, 6) is 0.954. The Bertz CT molecular complexity index is 1780. The molecule has 3 heterocycles. The summed E-state index contributed by atoms with van der Waals surface area (Å²) in [5.41, 5.74) is 12.5. The van der Waals surface area contributed by atoms with Gasteiger partial charge in [-0.1, -0.05) is 36.4 Å². The first-order chi connectivity index (χ1) is 18.9. The molecule has 39 heavy (non-hydrogen) atoms. The molecule has 4 N–H and O–H groups in total. The van der Waals surface area contributed by atoms with E-state index in [0.717, 1.165) is 36.1 Å². The third-order valence-corrected chi connectivity index (χ3v) is 8.01. The fourth-order valence-corrected chi connectivity index (χ4v) is 5.41. The van der Waals surface area contributed by atoms with Crippen LogP contribution in [0, 0.1) is 0 Å². The van der Waals surface area contributed by atoms with E-state index >= 15 is 0 Å². The topological polar surface area (TPSA) is 154 Å². The zero-order valence-electron chi connectivity index (χ0n) is 21.0. The summed E-state index contributed by atoms with van der Waals surface area (Å²) in [6.45, 7) is 0. The van der Waals surface area contributed by atoms with Gasteiger partial charge in [-0.05, 0) is 67.8 Å². The minimum absolute atomic E-state index is 0.168. The van der Waals surface area contributed by atoms with Gasteiger partial charge in [-0.2, -0.15) is 9.67 Å². The molecule has 0 atom stereocenters. The Kier molecular flexibility index (Phi) is 6.25. The molecule has 0 saturated heterocycles. The summed E-state index contributed by atoms with van der Waals surface area (Å²) in [7, 11) is -2.18. The number of nitrogen functional groups attached to an aromatic ring is 1. The van der Waals surface area contributed by atoms with Crippen molar-refractivity contribution in [3.8, 4) is 28.3 Å². The van der Waals surface area contributed by atoms with E-state index in [4.69, 9.17) is 5.73 Å². The first-order valence-electron chi connectivity index (χ1n) is 12.4. The van der Waals surface area contributed by atoms with Gasteiger partial charge < -0.3 is 11.1 Å². The number of benzene rings is 2. The van der Waals surface area contributed by atoms with E-state index in [1.807, 2.05) is 12.1 Å². The maximum Gasteiger partial charge on any atom is 0.248 e. The van der Waals surface area contributed by atoms with Crippen molar-refractivity contribution in [1.82, 2.24) is 34.7 Å². The zero-order chi connectivity index (χ0) is 27.0. The van der Waals surface area contributed by atoms with Crippen molar-refractivity contribution in [3.05, 3.63) is 84.1 Å². The largest absolute Gasteiger partial charge is 0.368 e. The smallest absolute Gasteiger partial charge is 0.248 e. The molecule has 11 nitrogen and oxygen atoms in total. The summed E-state index contributed by atoms with van der Waals surface area (Å²) in [6.07, 6.45) is 4.52. The van der Waals surface area contributed by atoms with E-state index in [9.17, 15) is 8.42 Å². The van der Waals surface area contributed by atoms with Gasteiger partial charge in [0, 0.05) is 11.1 Å². The number of nitrogens with two attached hydrogens (primary N) is 1. The highest BCUT2D eigenvalue weighted by Gasteiger charge is 2.19. The second-order valence-corrected chi connectivity index (χ2v) is 11.0. The number of nitrogens with one attached hydrogen (secondary N) is 2. The third-order valence-electron chi connectivity index (χ3n) is 6.60. The van der Waals surface area contributed by atoms with Crippen LogP contribution in [-0.2, 0) is 22.9 Å². The van der Waals surface area contributed by atoms with Gasteiger partial charge in [0.15, 0.2) is 5.82 Å². The number of aromatic nitrogens is 6. The van der Waals surface area contributed by atoms with Gasteiger partial charge in [0.25, 0.3) is 0 Å². The molecule has 0 fully saturated rings. The molecule has 1 aliphatic rings. The van der Waals surface area contributed by atoms with Crippen molar-refractivity contribution in [2.75, 3.05) is 18.1 Å². The lowest BCUT2D eigenvalue weighted by atomic mass is 10.0. The summed E-state index contributed by atoms with van der Waals surface area (Å²) in [5, 5.41) is 16.5. The molecule has 0 saturated carbocycles. The summed E-state index contributed by atoms with van der Waals surface area (Å²) in [6, 6.07) is 20.4. The van der Waals surface area contributed by atoms with Crippen LogP contribution in [-0.4, -0.2) is 45.4 Å². The van der Waals surface area contributed by atoms with Gasteiger partial charge in [0.05, 0.1) is 28.2 Å². The lowest BCUT2D eigenvalue weighted by Gasteiger charge is -2.09. The molecule has 0 aliphatic heterocycles. The Hall–Kier alpha value is -4.68. The fraction of sp³-hybridized carbons (Fsp3) is 0.148. The maximum absolute atomic E-state index is 12.1. The molecule has 2 aromatic carbocycles. The van der Waals surface area contributed by atoms with Gasteiger partial charge in [0.1, 0.15) is 0 Å². The highest BCUT2D eigenvalue weighted by Crippen LogP contribution is 2.31. The fourth-order valence-electron chi connectivity index (χ4n) is 4.63. The number of hydrogen-bond donors (Lipinski definition) is 3. The lowest BCUT2D eigenvalue weighted by Crippen LogP contribution is -2.18. The van der Waals surface area contributed by atoms with Crippen LogP contribution in [0.1, 0.15) is 17.5 Å². The molecule has 1 aliphatic carbocycles. The Morgan fingerprint density at radius 3 is 2.62 bits per heavy atom. The Balaban J connectivity index is 1.23. The van der Waals surface area contributed by atoms with Crippen molar-refractivity contribution in [1.29, 1.82) is 0 Å². The van der Waals surface area contributed by atoms with Crippen LogP contribution in [0.3, 0.4) is 0 Å². The quantitative estimate of drug-likeness (QED) is 0.294. The maximum atomic E-state index is 12.1. The van der Waals surface area contributed by atoms with Crippen molar-refractivity contribution in [2.45, 2.75) is 24.2 Å². The monoisotopic (exact) mass is 539 g/mol. The predicted molar refractivity (Wildman–Crippen MR) is 148 cm³/mol. The number of pyridine rings is 1.